The van der Waals surface area contributed by atoms with Crippen molar-refractivity contribution in [1.29, 1.82) is 0 Å². The van der Waals surface area contributed by atoms with Crippen LogP contribution < -0.4 is 5.32 Å². The van der Waals surface area contributed by atoms with Gasteiger partial charge in [0.15, 0.2) is 0 Å². The first kappa shape index (κ1) is 20.2. The maximum Gasteiger partial charge on any atom is 0.325 e. The third kappa shape index (κ3) is 7.43. The van der Waals surface area contributed by atoms with Crippen LogP contribution in [0.3, 0.4) is 0 Å². The lowest BCUT2D eigenvalue weighted by Gasteiger charge is -2.29. The molecule has 1 aliphatic carbocycles. The molecule has 2 rings (SSSR count). The molecule has 0 spiro atoms. The van der Waals surface area contributed by atoms with Gasteiger partial charge in [0.05, 0.1) is 16.2 Å². The van der Waals surface area contributed by atoms with Crippen LogP contribution in [-0.2, 0) is 11.1 Å². The highest BCUT2D eigenvalue weighted by Gasteiger charge is 2.27. The zero-order valence-electron chi connectivity index (χ0n) is 13.8. The van der Waals surface area contributed by atoms with Crippen molar-refractivity contribution < 1.29 is 14.4 Å². The van der Waals surface area contributed by atoms with E-state index in [4.69, 9.17) is 33.0 Å². The van der Waals surface area contributed by atoms with Crippen LogP contribution in [-0.4, -0.2) is 22.5 Å². The first-order chi connectivity index (χ1) is 11.3. The predicted molar refractivity (Wildman–Crippen MR) is 99.8 cm³/mol. The summed E-state index contributed by atoms with van der Waals surface area (Å²) < 4.78 is 11.2. The topological polar surface area (TPSA) is 69.6 Å². The smallest absolute Gasteiger partial charge is 0.324 e. The summed E-state index contributed by atoms with van der Waals surface area (Å²) in [6, 6.07) is 5.66. The van der Waals surface area contributed by atoms with E-state index in [1.165, 1.54) is 6.42 Å². The zero-order valence-corrected chi connectivity index (χ0v) is 16.2. The van der Waals surface area contributed by atoms with Crippen LogP contribution in [0.4, 0.5) is 0 Å². The number of rotatable bonds is 8. The fraction of sp³-hybridized carbons (Fsp3) is 0.647. The van der Waals surface area contributed by atoms with Crippen LogP contribution in [0.15, 0.2) is 18.2 Å². The molecule has 1 aromatic carbocycles. The molecule has 1 aromatic rings. The van der Waals surface area contributed by atoms with Crippen molar-refractivity contribution in [3.8, 4) is 0 Å². The quantitative estimate of drug-likeness (QED) is 0.436. The van der Waals surface area contributed by atoms with E-state index >= 15 is 0 Å². The fourth-order valence-electron chi connectivity index (χ4n) is 3.56. The molecule has 7 heteroatoms. The van der Waals surface area contributed by atoms with Crippen LogP contribution >= 0.6 is 30.8 Å². The lowest BCUT2D eigenvalue weighted by molar-refractivity contribution is 0.256. The van der Waals surface area contributed by atoms with Crippen LogP contribution in [0.25, 0.3) is 0 Å². The van der Waals surface area contributed by atoms with E-state index in [1.54, 1.807) is 0 Å². The average molecular weight is 394 g/mol. The van der Waals surface area contributed by atoms with Gasteiger partial charge in [0.1, 0.15) is 0 Å². The molecule has 0 bridgehead atoms. The van der Waals surface area contributed by atoms with Crippen molar-refractivity contribution in [3.63, 3.8) is 0 Å². The van der Waals surface area contributed by atoms with Gasteiger partial charge in [-0.1, -0.05) is 42.1 Å². The molecule has 24 heavy (non-hydrogen) atoms. The molecule has 2 atom stereocenters. The van der Waals surface area contributed by atoms with E-state index in [9.17, 15) is 4.57 Å². The van der Waals surface area contributed by atoms with E-state index in [1.807, 2.05) is 18.2 Å². The van der Waals surface area contributed by atoms with E-state index in [0.717, 1.165) is 50.8 Å². The van der Waals surface area contributed by atoms with Crippen molar-refractivity contribution in [2.45, 2.75) is 45.1 Å². The second-order valence-electron chi connectivity index (χ2n) is 6.81. The molecule has 4 nitrogen and oxygen atoms in total. The minimum atomic E-state index is -3.87. The number of halogens is 2. The first-order valence-electron chi connectivity index (χ1n) is 8.52. The van der Waals surface area contributed by atoms with E-state index < -0.39 is 7.60 Å². The van der Waals surface area contributed by atoms with Crippen molar-refractivity contribution in [2.75, 3.05) is 12.7 Å². The number of hydrogen-bond acceptors (Lipinski definition) is 2. The zero-order chi connectivity index (χ0) is 17.6. The molecule has 0 amide bonds. The molecule has 0 radical (unpaired) electrons. The van der Waals surface area contributed by atoms with E-state index in [0.29, 0.717) is 16.0 Å². The highest BCUT2D eigenvalue weighted by Crippen LogP contribution is 2.43. The van der Waals surface area contributed by atoms with Crippen LogP contribution in [0.1, 0.15) is 44.1 Å². The van der Waals surface area contributed by atoms with Gasteiger partial charge in [-0.15, -0.1) is 0 Å². The average Bonchev–Trinajstić information content (AvgIpc) is 2.49. The highest BCUT2D eigenvalue weighted by atomic mass is 35.5. The Morgan fingerprint density at radius 3 is 2.62 bits per heavy atom. The van der Waals surface area contributed by atoms with E-state index in [-0.39, 0.29) is 12.1 Å². The fourth-order valence-corrected chi connectivity index (χ4v) is 4.89. The van der Waals surface area contributed by atoms with Gasteiger partial charge < -0.3 is 15.1 Å². The Morgan fingerprint density at radius 1 is 1.17 bits per heavy atom. The second-order valence-corrected chi connectivity index (χ2v) is 9.32. The Balaban J connectivity index is 1.63. The SMILES string of the molecule is O=P(O)(O)CC1CCCC(CCCNCc2ccc(Cl)c(Cl)c2)C1. The molecule has 2 unspecified atom stereocenters. The van der Waals surface area contributed by atoms with Gasteiger partial charge in [-0.3, -0.25) is 4.57 Å². The summed E-state index contributed by atoms with van der Waals surface area (Å²) in [5, 5.41) is 4.56. The molecule has 136 valence electrons. The molecule has 0 saturated heterocycles. The third-order valence-corrected chi connectivity index (χ3v) is 6.40. The summed E-state index contributed by atoms with van der Waals surface area (Å²) >= 11 is 11.9. The molecule has 1 aliphatic rings. The molecular formula is C17H26Cl2NO3P. The monoisotopic (exact) mass is 393 g/mol. The summed E-state index contributed by atoms with van der Waals surface area (Å²) in [7, 11) is -3.87. The normalized spacial score (nSPS) is 21.8. The Labute approximate surface area is 154 Å². The molecule has 0 heterocycles. The third-order valence-electron chi connectivity index (χ3n) is 4.67. The highest BCUT2D eigenvalue weighted by molar-refractivity contribution is 7.51. The van der Waals surface area contributed by atoms with Gasteiger partial charge in [0, 0.05) is 6.54 Å². The second kappa shape index (κ2) is 9.56. The Hall–Kier alpha value is -0.0900. The number of nitrogens with one attached hydrogen (secondary N) is 1. The molecule has 0 aliphatic heterocycles. The predicted octanol–water partition coefficient (Wildman–Crippen LogP) is 4.85. The van der Waals surface area contributed by atoms with Crippen molar-refractivity contribution >= 4 is 30.8 Å². The van der Waals surface area contributed by atoms with Gasteiger partial charge >= 0.3 is 7.60 Å². The van der Waals surface area contributed by atoms with Gasteiger partial charge in [0.25, 0.3) is 0 Å². The Bertz CT molecular complexity index is 579. The molecule has 1 fully saturated rings. The number of benzene rings is 1. The summed E-state index contributed by atoms with van der Waals surface area (Å²) in [6.45, 7) is 1.70. The summed E-state index contributed by atoms with van der Waals surface area (Å²) in [4.78, 5) is 18.3. The van der Waals surface area contributed by atoms with Crippen LogP contribution in [0, 0.1) is 11.8 Å². The minimum Gasteiger partial charge on any atom is -0.324 e. The van der Waals surface area contributed by atoms with Gasteiger partial charge in [-0.25, -0.2) is 0 Å². The standard InChI is InChI=1S/C17H26Cl2NO3P/c18-16-7-6-14(10-17(16)19)11-20-8-2-5-13-3-1-4-15(9-13)12-24(21,22)23/h6-7,10,13,15,20H,1-5,8-9,11-12H2,(H2,21,22,23). The maximum atomic E-state index is 11.2. The number of hydrogen-bond donors (Lipinski definition) is 3. The van der Waals surface area contributed by atoms with Crippen LogP contribution in [0.5, 0.6) is 0 Å². The van der Waals surface area contributed by atoms with Gasteiger partial charge in [-0.05, 0) is 61.8 Å². The lowest BCUT2D eigenvalue weighted by Crippen LogP contribution is -2.20. The van der Waals surface area contributed by atoms with E-state index in [2.05, 4.69) is 5.32 Å². The molecule has 3 N–H and O–H groups in total. The molecule has 1 saturated carbocycles. The van der Waals surface area contributed by atoms with Gasteiger partial charge in [-0.2, -0.15) is 0 Å². The minimum absolute atomic E-state index is 0.0546. The van der Waals surface area contributed by atoms with Crippen molar-refractivity contribution in [3.05, 3.63) is 33.8 Å². The lowest BCUT2D eigenvalue weighted by atomic mass is 9.80. The largest absolute Gasteiger partial charge is 0.325 e. The van der Waals surface area contributed by atoms with Gasteiger partial charge in [0.2, 0.25) is 0 Å². The Morgan fingerprint density at radius 2 is 1.92 bits per heavy atom. The van der Waals surface area contributed by atoms with Crippen LogP contribution in [0.2, 0.25) is 10.0 Å². The molecule has 0 aromatic heterocycles. The Kier molecular flexibility index (Phi) is 8.06. The first-order valence-corrected chi connectivity index (χ1v) is 11.1. The molecular weight excluding hydrogens is 368 g/mol. The summed E-state index contributed by atoms with van der Waals surface area (Å²) in [6.07, 6.45) is 6.44. The maximum absolute atomic E-state index is 11.2. The van der Waals surface area contributed by atoms with Crippen molar-refractivity contribution in [1.82, 2.24) is 5.32 Å². The van der Waals surface area contributed by atoms with Crippen molar-refractivity contribution in [2.24, 2.45) is 11.8 Å². The summed E-state index contributed by atoms with van der Waals surface area (Å²) in [5.74, 6) is 0.788. The summed E-state index contributed by atoms with van der Waals surface area (Å²) in [5.41, 5.74) is 1.11.